The second kappa shape index (κ2) is 8.96. The van der Waals surface area contributed by atoms with Crippen molar-refractivity contribution in [3.63, 3.8) is 0 Å². The summed E-state index contributed by atoms with van der Waals surface area (Å²) in [6.45, 7) is 0.774. The highest BCUT2D eigenvalue weighted by Gasteiger charge is 2.20. The average Bonchev–Trinajstić information content (AvgIpc) is 2.49. The molecule has 122 valence electrons. The predicted octanol–water partition coefficient (Wildman–Crippen LogP) is 2.74. The van der Waals surface area contributed by atoms with E-state index in [0.717, 1.165) is 50.9 Å². The van der Waals surface area contributed by atoms with Gasteiger partial charge < -0.3 is 15.7 Å². The number of nitrogens with one attached hydrogen (secondary N) is 2. The van der Waals surface area contributed by atoms with Gasteiger partial charge in [-0.3, -0.25) is 4.79 Å². The molecule has 2 rings (SSSR count). The number of rotatable bonds is 7. The summed E-state index contributed by atoms with van der Waals surface area (Å²) < 4.78 is 0. The molecule has 0 atom stereocenters. The van der Waals surface area contributed by atoms with Gasteiger partial charge in [0, 0.05) is 19.0 Å². The van der Waals surface area contributed by atoms with Crippen molar-refractivity contribution >= 4 is 23.3 Å². The number of anilines is 1. The Kier molecular flexibility index (Phi) is 6.93. The highest BCUT2D eigenvalue weighted by atomic mass is 35.5. The molecule has 0 spiro atoms. The van der Waals surface area contributed by atoms with Crippen LogP contribution in [0.1, 0.15) is 44.9 Å². The number of carbonyl (C=O) groups excluding carboxylic acids is 1. The van der Waals surface area contributed by atoms with Crippen molar-refractivity contribution in [1.82, 2.24) is 10.3 Å². The number of aromatic nitrogens is 1. The fraction of sp³-hybridized carbons (Fsp3) is 0.625. The number of carbonyl (C=O) groups is 1. The Hall–Kier alpha value is -1.33. The van der Waals surface area contributed by atoms with Gasteiger partial charge in [-0.2, -0.15) is 0 Å². The lowest BCUT2D eigenvalue weighted by atomic mass is 9.93. The Morgan fingerprint density at radius 3 is 2.77 bits per heavy atom. The van der Waals surface area contributed by atoms with Crippen molar-refractivity contribution in [3.8, 4) is 0 Å². The van der Waals surface area contributed by atoms with Crippen LogP contribution in [0.5, 0.6) is 0 Å². The topological polar surface area (TPSA) is 74.2 Å². The number of hydrogen-bond donors (Lipinski definition) is 3. The molecule has 0 saturated heterocycles. The Balaban J connectivity index is 1.54. The Labute approximate surface area is 136 Å². The molecule has 22 heavy (non-hydrogen) atoms. The summed E-state index contributed by atoms with van der Waals surface area (Å²) in [6.07, 6.45) is 5.47. The fourth-order valence-corrected chi connectivity index (χ4v) is 2.82. The number of halogens is 1. The van der Waals surface area contributed by atoms with Crippen LogP contribution in [0.2, 0.25) is 5.15 Å². The maximum Gasteiger partial charge on any atom is 0.220 e. The lowest BCUT2D eigenvalue weighted by Gasteiger charge is -2.26. The van der Waals surface area contributed by atoms with E-state index in [4.69, 9.17) is 11.6 Å². The number of amides is 1. The van der Waals surface area contributed by atoms with Crippen LogP contribution in [0, 0.1) is 0 Å². The highest BCUT2D eigenvalue weighted by Crippen LogP contribution is 2.18. The van der Waals surface area contributed by atoms with Crippen molar-refractivity contribution < 1.29 is 9.90 Å². The molecule has 0 radical (unpaired) electrons. The van der Waals surface area contributed by atoms with Gasteiger partial charge in [0.2, 0.25) is 5.91 Å². The van der Waals surface area contributed by atoms with Crippen LogP contribution in [-0.2, 0) is 4.79 Å². The average molecular weight is 326 g/mol. The molecule has 0 aromatic carbocycles. The van der Waals surface area contributed by atoms with Crippen LogP contribution in [-0.4, -0.2) is 34.7 Å². The van der Waals surface area contributed by atoms with Gasteiger partial charge in [0.15, 0.2) is 0 Å². The van der Waals surface area contributed by atoms with Crippen molar-refractivity contribution in [2.24, 2.45) is 0 Å². The molecule has 1 heterocycles. The number of unbranched alkanes of at least 4 members (excludes halogenated alkanes) is 1. The Morgan fingerprint density at radius 1 is 1.27 bits per heavy atom. The summed E-state index contributed by atoms with van der Waals surface area (Å²) in [4.78, 5) is 16.0. The summed E-state index contributed by atoms with van der Waals surface area (Å²) in [6, 6.07) is 5.70. The normalized spacial score (nSPS) is 21.4. The third kappa shape index (κ3) is 6.20. The van der Waals surface area contributed by atoms with Crippen LogP contribution in [0.25, 0.3) is 0 Å². The fourth-order valence-electron chi connectivity index (χ4n) is 2.65. The predicted molar refractivity (Wildman–Crippen MR) is 88.0 cm³/mol. The van der Waals surface area contributed by atoms with E-state index < -0.39 is 0 Å². The van der Waals surface area contributed by atoms with Crippen LogP contribution in [0.15, 0.2) is 18.2 Å². The van der Waals surface area contributed by atoms with E-state index in [9.17, 15) is 9.90 Å². The lowest BCUT2D eigenvalue weighted by Crippen LogP contribution is -2.38. The molecule has 0 bridgehead atoms. The third-order valence-corrected chi connectivity index (χ3v) is 4.12. The molecule has 6 heteroatoms. The smallest absolute Gasteiger partial charge is 0.220 e. The van der Waals surface area contributed by atoms with Gasteiger partial charge in [0.05, 0.1) is 6.10 Å². The monoisotopic (exact) mass is 325 g/mol. The summed E-state index contributed by atoms with van der Waals surface area (Å²) in [7, 11) is 0. The van der Waals surface area contributed by atoms with E-state index in [1.807, 2.05) is 12.1 Å². The van der Waals surface area contributed by atoms with Crippen molar-refractivity contribution in [1.29, 1.82) is 0 Å². The molecule has 0 aliphatic heterocycles. The largest absolute Gasteiger partial charge is 0.393 e. The molecule has 1 aliphatic rings. The zero-order valence-corrected chi connectivity index (χ0v) is 13.5. The molecule has 1 amide bonds. The first-order chi connectivity index (χ1) is 10.6. The molecule has 1 aromatic rings. The van der Waals surface area contributed by atoms with E-state index in [1.165, 1.54) is 0 Å². The van der Waals surface area contributed by atoms with E-state index in [1.54, 1.807) is 6.07 Å². The minimum atomic E-state index is -0.181. The van der Waals surface area contributed by atoms with Crippen molar-refractivity contribution in [2.45, 2.75) is 57.1 Å². The number of hydrogen-bond acceptors (Lipinski definition) is 4. The zero-order chi connectivity index (χ0) is 15.8. The number of nitrogens with zero attached hydrogens (tertiary/aromatic N) is 1. The maximum atomic E-state index is 11.8. The van der Waals surface area contributed by atoms with Crippen LogP contribution in [0.3, 0.4) is 0 Å². The van der Waals surface area contributed by atoms with Crippen LogP contribution >= 0.6 is 11.6 Å². The number of pyridine rings is 1. The lowest BCUT2D eigenvalue weighted by molar-refractivity contribution is -0.122. The van der Waals surface area contributed by atoms with E-state index in [-0.39, 0.29) is 18.1 Å². The van der Waals surface area contributed by atoms with Crippen molar-refractivity contribution in [3.05, 3.63) is 23.4 Å². The number of aliphatic hydroxyl groups excluding tert-OH is 1. The molecular weight excluding hydrogens is 302 g/mol. The molecule has 5 nitrogen and oxygen atoms in total. The van der Waals surface area contributed by atoms with Crippen LogP contribution < -0.4 is 10.6 Å². The second-order valence-corrected chi connectivity index (χ2v) is 6.19. The molecule has 3 N–H and O–H groups in total. The van der Waals surface area contributed by atoms with Crippen LogP contribution in [0.4, 0.5) is 5.82 Å². The first-order valence-corrected chi connectivity index (χ1v) is 8.35. The van der Waals surface area contributed by atoms with Gasteiger partial charge in [0.1, 0.15) is 11.0 Å². The first-order valence-electron chi connectivity index (χ1n) is 7.97. The third-order valence-electron chi connectivity index (χ3n) is 3.91. The molecule has 1 fully saturated rings. The Bertz CT molecular complexity index is 476. The molecular formula is C16H24ClN3O2. The summed E-state index contributed by atoms with van der Waals surface area (Å²) in [5.74, 6) is 0.875. The van der Waals surface area contributed by atoms with Crippen molar-refractivity contribution in [2.75, 3.05) is 11.9 Å². The van der Waals surface area contributed by atoms with Gasteiger partial charge >= 0.3 is 0 Å². The van der Waals surface area contributed by atoms with Gasteiger partial charge in [-0.1, -0.05) is 17.7 Å². The van der Waals surface area contributed by atoms with Gasteiger partial charge in [-0.15, -0.1) is 0 Å². The van der Waals surface area contributed by atoms with Gasteiger partial charge in [-0.05, 0) is 50.7 Å². The second-order valence-electron chi connectivity index (χ2n) is 5.80. The summed E-state index contributed by atoms with van der Waals surface area (Å²) >= 11 is 5.81. The molecule has 0 unspecified atom stereocenters. The van der Waals surface area contributed by atoms with E-state index >= 15 is 0 Å². The molecule has 1 saturated carbocycles. The highest BCUT2D eigenvalue weighted by molar-refractivity contribution is 6.29. The zero-order valence-electron chi connectivity index (χ0n) is 12.7. The minimum absolute atomic E-state index is 0.113. The van der Waals surface area contributed by atoms with Gasteiger partial charge in [-0.25, -0.2) is 4.98 Å². The number of aliphatic hydroxyl groups is 1. The first kappa shape index (κ1) is 17.0. The summed E-state index contributed by atoms with van der Waals surface area (Å²) in [5, 5.41) is 16.2. The summed E-state index contributed by atoms with van der Waals surface area (Å²) in [5.41, 5.74) is 0. The molecule has 1 aliphatic carbocycles. The molecule has 1 aromatic heterocycles. The van der Waals surface area contributed by atoms with E-state index in [2.05, 4.69) is 15.6 Å². The Morgan fingerprint density at radius 2 is 2.05 bits per heavy atom. The minimum Gasteiger partial charge on any atom is -0.393 e. The maximum absolute atomic E-state index is 11.8. The van der Waals surface area contributed by atoms with E-state index in [0.29, 0.717) is 11.6 Å². The quantitative estimate of drug-likeness (QED) is 0.532. The SMILES string of the molecule is O=C(CCCCNc1cccc(Cl)n1)NC1CCC(O)CC1. The standard InChI is InChI=1S/C16H24ClN3O2/c17-14-4-3-5-15(20-14)18-11-2-1-6-16(22)19-12-7-9-13(21)10-8-12/h3-5,12-13,21H,1-2,6-11H2,(H,18,20)(H,19,22). The van der Waals surface area contributed by atoms with Gasteiger partial charge in [0.25, 0.3) is 0 Å².